The number of aryl methyl sites for hydroxylation is 1. The van der Waals surface area contributed by atoms with Gasteiger partial charge in [0.25, 0.3) is 0 Å². The Bertz CT molecular complexity index is 517. The van der Waals surface area contributed by atoms with Gasteiger partial charge in [-0.1, -0.05) is 0 Å². The summed E-state index contributed by atoms with van der Waals surface area (Å²) < 4.78 is 0. The van der Waals surface area contributed by atoms with Gasteiger partial charge in [0.2, 0.25) is 5.91 Å². The summed E-state index contributed by atoms with van der Waals surface area (Å²) in [6.45, 7) is 0.00848. The van der Waals surface area contributed by atoms with Crippen LogP contribution in [-0.4, -0.2) is 68.8 Å². The fourth-order valence-corrected chi connectivity index (χ4v) is 1.98. The Morgan fingerprint density at radius 1 is 1.52 bits per heavy atom. The van der Waals surface area contributed by atoms with Crippen LogP contribution in [0.5, 0.6) is 0 Å². The molecule has 1 aliphatic heterocycles. The van der Waals surface area contributed by atoms with E-state index in [1.165, 1.54) is 6.33 Å². The number of carboxylic acids is 1. The Balaban J connectivity index is 1.80. The average Bonchev–Trinajstić information content (AvgIpc) is 2.96. The van der Waals surface area contributed by atoms with E-state index >= 15 is 0 Å². The highest BCUT2D eigenvalue weighted by molar-refractivity contribution is 5.90. The number of piperazine rings is 1. The van der Waals surface area contributed by atoms with Crippen LogP contribution in [0.4, 0.5) is 4.79 Å². The summed E-state index contributed by atoms with van der Waals surface area (Å²) >= 11 is 0. The van der Waals surface area contributed by atoms with Crippen molar-refractivity contribution in [1.82, 2.24) is 30.7 Å². The van der Waals surface area contributed by atoms with Crippen LogP contribution in [0.15, 0.2) is 6.33 Å². The molecule has 4 N–H and O–H groups in total. The summed E-state index contributed by atoms with van der Waals surface area (Å²) in [6, 6.07) is -1.60. The fraction of sp³-hybridized carbons (Fsp3) is 0.545. The van der Waals surface area contributed by atoms with Crippen LogP contribution in [0.2, 0.25) is 0 Å². The van der Waals surface area contributed by atoms with Gasteiger partial charge in [0.1, 0.15) is 24.7 Å². The van der Waals surface area contributed by atoms with Crippen molar-refractivity contribution in [2.24, 2.45) is 0 Å². The van der Waals surface area contributed by atoms with Crippen molar-refractivity contribution in [2.45, 2.75) is 18.9 Å². The van der Waals surface area contributed by atoms with Crippen molar-refractivity contribution in [3.8, 4) is 0 Å². The lowest BCUT2D eigenvalue weighted by Gasteiger charge is -2.32. The Kier molecular flexibility index (Phi) is 4.69. The van der Waals surface area contributed by atoms with E-state index in [4.69, 9.17) is 5.11 Å². The fourth-order valence-electron chi connectivity index (χ4n) is 1.98. The summed E-state index contributed by atoms with van der Waals surface area (Å²) in [5.74, 6) is -0.805. The van der Waals surface area contributed by atoms with E-state index in [2.05, 4.69) is 25.8 Å². The molecule has 0 radical (unpaired) electrons. The molecular weight excluding hydrogens is 280 g/mol. The molecule has 1 saturated heterocycles. The number of hydrogen-bond donors (Lipinski definition) is 4. The molecule has 3 amide bonds. The monoisotopic (exact) mass is 296 g/mol. The van der Waals surface area contributed by atoms with Crippen LogP contribution in [0, 0.1) is 0 Å². The van der Waals surface area contributed by atoms with Crippen molar-refractivity contribution in [3.63, 3.8) is 0 Å². The van der Waals surface area contributed by atoms with Gasteiger partial charge in [-0.05, 0) is 6.42 Å². The van der Waals surface area contributed by atoms with Crippen LogP contribution in [0.1, 0.15) is 12.2 Å². The number of urea groups is 1. The van der Waals surface area contributed by atoms with E-state index in [1.807, 2.05) is 0 Å². The number of aromatic amines is 1. The number of rotatable bonds is 5. The third-order valence-corrected chi connectivity index (χ3v) is 3.06. The highest BCUT2D eigenvalue weighted by Gasteiger charge is 2.34. The Morgan fingerprint density at radius 2 is 2.33 bits per heavy atom. The van der Waals surface area contributed by atoms with Crippen LogP contribution in [0.3, 0.4) is 0 Å². The number of H-pyrrole nitrogens is 1. The van der Waals surface area contributed by atoms with Gasteiger partial charge in [0.05, 0.1) is 0 Å². The molecule has 2 rings (SSSR count). The summed E-state index contributed by atoms with van der Waals surface area (Å²) in [7, 11) is 0. The minimum atomic E-state index is -1.15. The van der Waals surface area contributed by atoms with Crippen molar-refractivity contribution < 1.29 is 19.5 Å². The lowest BCUT2D eigenvalue weighted by molar-refractivity contribution is -0.144. The van der Waals surface area contributed by atoms with Gasteiger partial charge in [-0.25, -0.2) is 14.6 Å². The third kappa shape index (κ3) is 3.91. The van der Waals surface area contributed by atoms with E-state index in [0.717, 1.165) is 4.90 Å². The number of aromatic nitrogens is 3. The number of carboxylic acid groups (broad SMARTS) is 1. The largest absolute Gasteiger partial charge is 0.480 e. The SMILES string of the molecule is O=C1CN(C(=O)NCCCc2ncn[nH]2)C(C(=O)O)CN1. The smallest absolute Gasteiger partial charge is 0.328 e. The molecule has 1 aromatic rings. The Morgan fingerprint density at radius 3 is 3.00 bits per heavy atom. The second kappa shape index (κ2) is 6.68. The van der Waals surface area contributed by atoms with Gasteiger partial charge in [-0.15, -0.1) is 0 Å². The van der Waals surface area contributed by atoms with Crippen LogP contribution in [-0.2, 0) is 16.0 Å². The summed E-state index contributed by atoms with van der Waals surface area (Å²) in [5.41, 5.74) is 0. The summed E-state index contributed by atoms with van der Waals surface area (Å²) in [6.07, 6.45) is 2.64. The minimum absolute atomic E-state index is 0.0837. The number of carbonyl (C=O) groups is 3. The van der Waals surface area contributed by atoms with Crippen molar-refractivity contribution >= 4 is 17.9 Å². The van der Waals surface area contributed by atoms with Gasteiger partial charge in [0.15, 0.2) is 0 Å². The molecule has 0 aromatic carbocycles. The zero-order valence-corrected chi connectivity index (χ0v) is 11.2. The first-order valence-corrected chi connectivity index (χ1v) is 6.46. The van der Waals surface area contributed by atoms with Crippen LogP contribution in [0.25, 0.3) is 0 Å². The maximum Gasteiger partial charge on any atom is 0.328 e. The third-order valence-electron chi connectivity index (χ3n) is 3.06. The van der Waals surface area contributed by atoms with E-state index in [0.29, 0.717) is 25.2 Å². The first kappa shape index (κ1) is 14.8. The number of amides is 3. The molecule has 2 heterocycles. The van der Waals surface area contributed by atoms with Crippen LogP contribution >= 0.6 is 0 Å². The first-order chi connectivity index (χ1) is 10.1. The van der Waals surface area contributed by atoms with Gasteiger partial charge in [0, 0.05) is 19.5 Å². The molecule has 0 aliphatic carbocycles. The predicted molar refractivity (Wildman–Crippen MR) is 69.2 cm³/mol. The molecule has 1 aromatic heterocycles. The Hall–Kier alpha value is -2.65. The molecule has 0 spiro atoms. The highest BCUT2D eigenvalue weighted by Crippen LogP contribution is 2.05. The number of nitrogens with one attached hydrogen (secondary N) is 3. The first-order valence-electron chi connectivity index (χ1n) is 6.46. The molecule has 10 nitrogen and oxygen atoms in total. The van der Waals surface area contributed by atoms with Crippen LogP contribution < -0.4 is 10.6 Å². The van der Waals surface area contributed by atoms with E-state index in [9.17, 15) is 14.4 Å². The average molecular weight is 296 g/mol. The molecule has 1 atom stereocenters. The molecular formula is C11H16N6O4. The molecule has 114 valence electrons. The number of aliphatic carboxylic acids is 1. The van der Waals surface area contributed by atoms with Gasteiger partial charge >= 0.3 is 12.0 Å². The van der Waals surface area contributed by atoms with Gasteiger partial charge < -0.3 is 15.7 Å². The topological polar surface area (TPSA) is 140 Å². The van der Waals surface area contributed by atoms with Gasteiger partial charge in [-0.2, -0.15) is 5.10 Å². The molecule has 0 bridgehead atoms. The quantitative estimate of drug-likeness (QED) is 0.479. The second-order valence-electron chi connectivity index (χ2n) is 4.55. The van der Waals surface area contributed by atoms with Gasteiger partial charge in [-0.3, -0.25) is 14.8 Å². The predicted octanol–water partition coefficient (Wildman–Crippen LogP) is -1.67. The molecule has 21 heavy (non-hydrogen) atoms. The highest BCUT2D eigenvalue weighted by atomic mass is 16.4. The maximum atomic E-state index is 12.0. The zero-order chi connectivity index (χ0) is 15.2. The van der Waals surface area contributed by atoms with E-state index in [1.54, 1.807) is 0 Å². The molecule has 1 unspecified atom stereocenters. The zero-order valence-electron chi connectivity index (χ0n) is 11.2. The standard InChI is InChI=1S/C11H16N6O4/c18-9-5-17(7(4-13-9)10(19)20)11(21)12-3-1-2-8-14-6-15-16-8/h6-7H,1-5H2,(H,12,21)(H,13,18)(H,19,20)(H,14,15,16). The van der Waals surface area contributed by atoms with Crippen molar-refractivity contribution in [1.29, 1.82) is 0 Å². The summed E-state index contributed by atoms with van der Waals surface area (Å²) in [4.78, 5) is 39.3. The Labute approximate surface area is 119 Å². The molecule has 10 heteroatoms. The lowest BCUT2D eigenvalue weighted by atomic mass is 10.2. The second-order valence-corrected chi connectivity index (χ2v) is 4.55. The number of hydrogen-bond acceptors (Lipinski definition) is 5. The van der Waals surface area contributed by atoms with E-state index < -0.39 is 18.0 Å². The normalized spacial score (nSPS) is 18.2. The number of nitrogens with zero attached hydrogens (tertiary/aromatic N) is 3. The van der Waals surface area contributed by atoms with E-state index in [-0.39, 0.29) is 19.0 Å². The minimum Gasteiger partial charge on any atom is -0.480 e. The number of carbonyl (C=O) groups excluding carboxylic acids is 2. The molecule has 0 saturated carbocycles. The lowest BCUT2D eigenvalue weighted by Crippen LogP contribution is -2.61. The van der Waals surface area contributed by atoms with Crippen molar-refractivity contribution in [3.05, 3.63) is 12.2 Å². The van der Waals surface area contributed by atoms with Crippen molar-refractivity contribution in [2.75, 3.05) is 19.6 Å². The molecule has 1 aliphatic rings. The summed E-state index contributed by atoms with van der Waals surface area (Å²) in [5, 5.41) is 20.5. The maximum absolute atomic E-state index is 12.0. The molecule has 1 fully saturated rings.